The van der Waals surface area contributed by atoms with E-state index >= 15 is 0 Å². The minimum absolute atomic E-state index is 0.0276. The van der Waals surface area contributed by atoms with Crippen LogP contribution in [-0.2, 0) is 28.9 Å². The van der Waals surface area contributed by atoms with Crippen molar-refractivity contribution in [3.63, 3.8) is 0 Å². The Morgan fingerprint density at radius 1 is 0.925 bits per heavy atom. The van der Waals surface area contributed by atoms with Crippen LogP contribution in [0.5, 0.6) is 11.5 Å². The normalized spacial score (nSPS) is 10.7. The number of carbonyl (C=O) groups excluding carboxylic acids is 2. The van der Waals surface area contributed by atoms with Crippen LogP contribution in [0.2, 0.25) is 0 Å². The minimum Gasteiger partial charge on any atom is -0.493 e. The van der Waals surface area contributed by atoms with Gasteiger partial charge in [-0.05, 0) is 67.6 Å². The van der Waals surface area contributed by atoms with E-state index in [1.165, 1.54) is 4.88 Å². The SMILES string of the molecule is CCc1ccccc1NC(=O)N(CCCOC)CC(=O)N(CCc1ccc(OC)c(OC)c1)Cc1ccc(C)s1. The predicted octanol–water partition coefficient (Wildman–Crippen LogP) is 5.78. The number of nitrogens with one attached hydrogen (secondary N) is 1. The quantitative estimate of drug-likeness (QED) is 0.236. The topological polar surface area (TPSA) is 80.3 Å². The number of ether oxygens (including phenoxy) is 3. The van der Waals surface area contributed by atoms with Crippen LogP contribution in [0, 0.1) is 6.92 Å². The summed E-state index contributed by atoms with van der Waals surface area (Å²) in [6.07, 6.45) is 2.06. The summed E-state index contributed by atoms with van der Waals surface area (Å²) in [5, 5.41) is 3.02. The molecule has 40 heavy (non-hydrogen) atoms. The van der Waals surface area contributed by atoms with E-state index in [4.69, 9.17) is 14.2 Å². The third-order valence-electron chi connectivity index (χ3n) is 6.64. The number of benzene rings is 2. The van der Waals surface area contributed by atoms with E-state index in [0.717, 1.165) is 28.1 Å². The minimum atomic E-state index is -0.294. The standard InChI is InChI=1S/C31H41N3O5S/c1-6-25-10-7-8-11-27(25)32-31(36)34(17-9-19-37-3)22-30(35)33(21-26-14-12-23(2)40-26)18-16-24-13-15-28(38-4)29(20-24)39-5/h7-8,10-15,20H,6,9,16-19,21-22H2,1-5H3,(H,32,36). The van der Waals surface area contributed by atoms with E-state index in [9.17, 15) is 9.59 Å². The van der Waals surface area contributed by atoms with Gasteiger partial charge in [-0.2, -0.15) is 0 Å². The highest BCUT2D eigenvalue weighted by atomic mass is 32.1. The number of aryl methyl sites for hydroxylation is 2. The first-order valence-corrected chi connectivity index (χ1v) is 14.4. The zero-order valence-corrected chi connectivity index (χ0v) is 25.0. The maximum absolute atomic E-state index is 13.8. The van der Waals surface area contributed by atoms with E-state index in [0.29, 0.717) is 50.6 Å². The van der Waals surface area contributed by atoms with Gasteiger partial charge in [0.25, 0.3) is 0 Å². The van der Waals surface area contributed by atoms with Crippen LogP contribution in [0.1, 0.15) is 34.2 Å². The van der Waals surface area contributed by atoms with Crippen LogP contribution < -0.4 is 14.8 Å². The maximum atomic E-state index is 13.8. The van der Waals surface area contributed by atoms with Crippen LogP contribution in [-0.4, -0.2) is 69.3 Å². The lowest BCUT2D eigenvalue weighted by atomic mass is 10.1. The number of hydrogen-bond acceptors (Lipinski definition) is 6. The molecular weight excluding hydrogens is 526 g/mol. The number of anilines is 1. The zero-order valence-electron chi connectivity index (χ0n) is 24.2. The number of rotatable bonds is 15. The Labute approximate surface area is 241 Å². The van der Waals surface area contributed by atoms with E-state index in [2.05, 4.69) is 24.4 Å². The third kappa shape index (κ3) is 8.99. The highest BCUT2D eigenvalue weighted by molar-refractivity contribution is 7.11. The molecule has 1 heterocycles. The fourth-order valence-electron chi connectivity index (χ4n) is 4.41. The Balaban J connectivity index is 1.78. The second-order valence-corrected chi connectivity index (χ2v) is 10.8. The monoisotopic (exact) mass is 567 g/mol. The Morgan fingerprint density at radius 3 is 2.38 bits per heavy atom. The summed E-state index contributed by atoms with van der Waals surface area (Å²) < 4.78 is 16.0. The summed E-state index contributed by atoms with van der Waals surface area (Å²) in [5.41, 5.74) is 2.84. The van der Waals surface area contributed by atoms with Crippen molar-refractivity contribution in [3.8, 4) is 11.5 Å². The second kappa shape index (κ2) is 15.9. The summed E-state index contributed by atoms with van der Waals surface area (Å²) in [5.74, 6) is 1.21. The molecule has 0 aliphatic rings. The van der Waals surface area contributed by atoms with E-state index < -0.39 is 0 Å². The molecule has 0 aliphatic heterocycles. The second-order valence-electron chi connectivity index (χ2n) is 9.48. The van der Waals surface area contributed by atoms with Crippen molar-refractivity contribution in [3.05, 3.63) is 75.5 Å². The number of carbonyl (C=O) groups is 2. The molecule has 1 aromatic heterocycles. The van der Waals surface area contributed by atoms with Crippen molar-refractivity contribution in [2.75, 3.05) is 52.9 Å². The van der Waals surface area contributed by atoms with Gasteiger partial charge in [-0.1, -0.05) is 31.2 Å². The molecule has 3 aromatic rings. The Hall–Kier alpha value is -3.56. The molecule has 216 valence electrons. The molecule has 0 fully saturated rings. The van der Waals surface area contributed by atoms with Crippen LogP contribution >= 0.6 is 11.3 Å². The summed E-state index contributed by atoms with van der Waals surface area (Å²) in [7, 11) is 4.85. The molecular formula is C31H41N3O5S. The van der Waals surface area contributed by atoms with Crippen molar-refractivity contribution >= 4 is 29.0 Å². The van der Waals surface area contributed by atoms with Crippen molar-refractivity contribution in [1.82, 2.24) is 9.80 Å². The summed E-state index contributed by atoms with van der Waals surface area (Å²) in [6, 6.07) is 17.4. The van der Waals surface area contributed by atoms with Gasteiger partial charge in [-0.15, -0.1) is 11.3 Å². The molecule has 8 nitrogen and oxygen atoms in total. The lowest BCUT2D eigenvalue weighted by Gasteiger charge is -2.28. The summed E-state index contributed by atoms with van der Waals surface area (Å²) in [6.45, 7) is 5.96. The van der Waals surface area contributed by atoms with Crippen LogP contribution in [0.25, 0.3) is 0 Å². The number of urea groups is 1. The fourth-order valence-corrected chi connectivity index (χ4v) is 5.32. The van der Waals surface area contributed by atoms with Crippen LogP contribution in [0.4, 0.5) is 10.5 Å². The van der Waals surface area contributed by atoms with E-state index in [-0.39, 0.29) is 18.5 Å². The lowest BCUT2D eigenvalue weighted by molar-refractivity contribution is -0.132. The highest BCUT2D eigenvalue weighted by Crippen LogP contribution is 2.28. The maximum Gasteiger partial charge on any atom is 0.322 e. The first-order valence-electron chi connectivity index (χ1n) is 13.5. The number of thiophene rings is 1. The van der Waals surface area contributed by atoms with Gasteiger partial charge in [0.15, 0.2) is 11.5 Å². The number of methoxy groups -OCH3 is 3. The third-order valence-corrected chi connectivity index (χ3v) is 7.63. The van der Waals surface area contributed by atoms with Gasteiger partial charge in [-0.3, -0.25) is 4.79 Å². The molecule has 3 rings (SSSR count). The Kier molecular flexibility index (Phi) is 12.3. The average molecular weight is 568 g/mol. The van der Waals surface area contributed by atoms with Crippen molar-refractivity contribution in [1.29, 1.82) is 0 Å². The first kappa shape index (κ1) is 31.0. The van der Waals surface area contributed by atoms with Gasteiger partial charge < -0.3 is 29.3 Å². The van der Waals surface area contributed by atoms with E-state index in [1.807, 2.05) is 54.3 Å². The zero-order chi connectivity index (χ0) is 28.9. The van der Waals surface area contributed by atoms with Gasteiger partial charge in [0.2, 0.25) is 5.91 Å². The largest absolute Gasteiger partial charge is 0.493 e. The first-order chi connectivity index (χ1) is 19.4. The number of nitrogens with zero attached hydrogens (tertiary/aromatic N) is 2. The molecule has 3 amide bonds. The van der Waals surface area contributed by atoms with Crippen molar-refractivity contribution < 1.29 is 23.8 Å². The molecule has 0 aliphatic carbocycles. The smallest absolute Gasteiger partial charge is 0.322 e. The van der Waals surface area contributed by atoms with Gasteiger partial charge in [0.05, 0.1) is 20.8 Å². The fraction of sp³-hybridized carbons (Fsp3) is 0.419. The highest BCUT2D eigenvalue weighted by Gasteiger charge is 2.23. The molecule has 0 saturated heterocycles. The van der Waals surface area contributed by atoms with Gasteiger partial charge in [-0.25, -0.2) is 4.79 Å². The molecule has 9 heteroatoms. The van der Waals surface area contributed by atoms with Crippen molar-refractivity contribution in [2.24, 2.45) is 0 Å². The molecule has 2 aromatic carbocycles. The molecule has 0 saturated carbocycles. The summed E-state index contributed by atoms with van der Waals surface area (Å²) in [4.78, 5) is 32.8. The molecule has 0 atom stereocenters. The molecule has 0 unspecified atom stereocenters. The number of hydrogen-bond donors (Lipinski definition) is 1. The number of amides is 3. The van der Waals surface area contributed by atoms with Gasteiger partial charge in [0, 0.05) is 42.2 Å². The molecule has 1 N–H and O–H groups in total. The van der Waals surface area contributed by atoms with E-state index in [1.54, 1.807) is 37.6 Å². The Bertz CT molecular complexity index is 1250. The van der Waals surface area contributed by atoms with Crippen LogP contribution in [0.15, 0.2) is 54.6 Å². The predicted molar refractivity (Wildman–Crippen MR) is 161 cm³/mol. The lowest BCUT2D eigenvalue weighted by Crippen LogP contribution is -2.45. The molecule has 0 bridgehead atoms. The van der Waals surface area contributed by atoms with Gasteiger partial charge in [0.1, 0.15) is 6.54 Å². The molecule has 0 spiro atoms. The number of para-hydroxylation sites is 1. The molecule has 0 radical (unpaired) electrons. The Morgan fingerprint density at radius 2 is 1.70 bits per heavy atom. The van der Waals surface area contributed by atoms with Crippen molar-refractivity contribution in [2.45, 2.75) is 39.7 Å². The summed E-state index contributed by atoms with van der Waals surface area (Å²) >= 11 is 1.67. The van der Waals surface area contributed by atoms with Gasteiger partial charge >= 0.3 is 6.03 Å². The average Bonchev–Trinajstić information content (AvgIpc) is 3.38. The van der Waals surface area contributed by atoms with Crippen LogP contribution in [0.3, 0.4) is 0 Å².